The molecule has 1 N–H and O–H groups in total. The molecule has 1 fully saturated rings. The standard InChI is InChI=1S/C15H22FNO/c1-11(12-6-8-13(16)9-7-12)17-14-4-3-5-15(10-14)18-2/h6-9,11,14-15,17H,3-5,10H2,1-2H3/t11-,14?,15?/m1/s1. The number of hydrogen-bond donors (Lipinski definition) is 1. The first-order valence-electron chi connectivity index (χ1n) is 6.73. The molecular formula is C15H22FNO. The minimum Gasteiger partial charge on any atom is -0.381 e. The van der Waals surface area contributed by atoms with Crippen molar-refractivity contribution < 1.29 is 9.13 Å². The predicted molar refractivity (Wildman–Crippen MR) is 71.0 cm³/mol. The van der Waals surface area contributed by atoms with E-state index in [1.807, 2.05) is 12.1 Å². The van der Waals surface area contributed by atoms with Crippen molar-refractivity contribution >= 4 is 0 Å². The van der Waals surface area contributed by atoms with Crippen LogP contribution in [0.15, 0.2) is 24.3 Å². The Morgan fingerprint density at radius 2 is 2.00 bits per heavy atom. The van der Waals surface area contributed by atoms with Crippen molar-refractivity contribution in [3.8, 4) is 0 Å². The average Bonchev–Trinajstić information content (AvgIpc) is 2.39. The molecule has 0 saturated heterocycles. The van der Waals surface area contributed by atoms with Crippen LogP contribution in [0.5, 0.6) is 0 Å². The van der Waals surface area contributed by atoms with Crippen LogP contribution in [-0.2, 0) is 4.74 Å². The number of benzene rings is 1. The normalized spacial score (nSPS) is 25.9. The molecule has 2 rings (SSSR count). The lowest BCUT2D eigenvalue weighted by Gasteiger charge is -2.31. The van der Waals surface area contributed by atoms with Crippen molar-refractivity contribution in [2.24, 2.45) is 0 Å². The fourth-order valence-corrected chi connectivity index (χ4v) is 2.71. The van der Waals surface area contributed by atoms with Crippen LogP contribution in [0.3, 0.4) is 0 Å². The minimum atomic E-state index is -0.178. The van der Waals surface area contributed by atoms with E-state index in [0.29, 0.717) is 12.1 Å². The van der Waals surface area contributed by atoms with Crippen molar-refractivity contribution in [3.05, 3.63) is 35.6 Å². The van der Waals surface area contributed by atoms with E-state index in [1.54, 1.807) is 7.11 Å². The molecule has 1 aromatic carbocycles. The van der Waals surface area contributed by atoms with E-state index in [4.69, 9.17) is 4.74 Å². The van der Waals surface area contributed by atoms with Crippen molar-refractivity contribution in [1.82, 2.24) is 5.32 Å². The lowest BCUT2D eigenvalue weighted by atomic mass is 9.92. The molecular weight excluding hydrogens is 229 g/mol. The summed E-state index contributed by atoms with van der Waals surface area (Å²) in [7, 11) is 1.79. The molecule has 1 saturated carbocycles. The second kappa shape index (κ2) is 6.30. The third-order valence-electron chi connectivity index (χ3n) is 3.82. The van der Waals surface area contributed by atoms with Crippen LogP contribution >= 0.6 is 0 Å². The van der Waals surface area contributed by atoms with Crippen LogP contribution < -0.4 is 5.32 Å². The molecule has 0 heterocycles. The highest BCUT2D eigenvalue weighted by atomic mass is 19.1. The van der Waals surface area contributed by atoms with Gasteiger partial charge in [-0.2, -0.15) is 0 Å². The van der Waals surface area contributed by atoms with Crippen LogP contribution in [0.4, 0.5) is 4.39 Å². The third kappa shape index (κ3) is 3.53. The molecule has 0 aliphatic heterocycles. The van der Waals surface area contributed by atoms with Crippen molar-refractivity contribution in [3.63, 3.8) is 0 Å². The second-order valence-corrected chi connectivity index (χ2v) is 5.16. The molecule has 18 heavy (non-hydrogen) atoms. The number of ether oxygens (including phenoxy) is 1. The zero-order valence-corrected chi connectivity index (χ0v) is 11.2. The fraction of sp³-hybridized carbons (Fsp3) is 0.600. The van der Waals surface area contributed by atoms with Crippen LogP contribution in [0.1, 0.15) is 44.2 Å². The molecule has 2 unspecified atom stereocenters. The molecule has 0 aromatic heterocycles. The maximum Gasteiger partial charge on any atom is 0.123 e. The Hall–Kier alpha value is -0.930. The largest absolute Gasteiger partial charge is 0.381 e. The Balaban J connectivity index is 1.90. The lowest BCUT2D eigenvalue weighted by Crippen LogP contribution is -2.38. The molecule has 0 amide bonds. The van der Waals surface area contributed by atoms with Gasteiger partial charge in [-0.1, -0.05) is 12.1 Å². The van der Waals surface area contributed by atoms with Crippen molar-refractivity contribution in [2.75, 3.05) is 7.11 Å². The van der Waals surface area contributed by atoms with Crippen molar-refractivity contribution in [1.29, 1.82) is 0 Å². The molecule has 1 aromatic rings. The first-order chi connectivity index (χ1) is 8.69. The number of rotatable bonds is 4. The predicted octanol–water partition coefficient (Wildman–Crippen LogP) is 3.43. The van der Waals surface area contributed by atoms with Gasteiger partial charge < -0.3 is 10.1 Å². The van der Waals surface area contributed by atoms with Gasteiger partial charge >= 0.3 is 0 Å². The van der Waals surface area contributed by atoms with Crippen LogP contribution in [0.2, 0.25) is 0 Å². The summed E-state index contributed by atoms with van der Waals surface area (Å²) in [6, 6.07) is 7.50. The monoisotopic (exact) mass is 251 g/mol. The van der Waals surface area contributed by atoms with E-state index in [0.717, 1.165) is 12.0 Å². The van der Waals surface area contributed by atoms with Gasteiger partial charge in [0.05, 0.1) is 6.10 Å². The highest BCUT2D eigenvalue weighted by Gasteiger charge is 2.22. The van der Waals surface area contributed by atoms with E-state index in [9.17, 15) is 4.39 Å². The first kappa shape index (κ1) is 13.5. The Kier molecular flexibility index (Phi) is 4.72. The third-order valence-corrected chi connectivity index (χ3v) is 3.82. The SMILES string of the molecule is COC1CCCC(N[C@H](C)c2ccc(F)cc2)C1. The molecule has 100 valence electrons. The molecule has 3 heteroatoms. The van der Waals surface area contributed by atoms with Gasteiger partial charge in [0.1, 0.15) is 5.82 Å². The molecule has 0 radical (unpaired) electrons. The van der Waals surface area contributed by atoms with Gasteiger partial charge in [-0.05, 0) is 50.3 Å². The Morgan fingerprint density at radius 1 is 1.28 bits per heavy atom. The van der Waals surface area contributed by atoms with Gasteiger partial charge in [-0.15, -0.1) is 0 Å². The van der Waals surface area contributed by atoms with E-state index in [-0.39, 0.29) is 11.9 Å². The topological polar surface area (TPSA) is 21.3 Å². The highest BCUT2D eigenvalue weighted by molar-refractivity contribution is 5.19. The first-order valence-corrected chi connectivity index (χ1v) is 6.73. The Labute approximate surface area is 109 Å². The summed E-state index contributed by atoms with van der Waals surface area (Å²) in [4.78, 5) is 0. The zero-order chi connectivity index (χ0) is 13.0. The van der Waals surface area contributed by atoms with Gasteiger partial charge in [-0.3, -0.25) is 0 Å². The molecule has 2 nitrogen and oxygen atoms in total. The van der Waals surface area contributed by atoms with E-state index >= 15 is 0 Å². The summed E-state index contributed by atoms with van der Waals surface area (Å²) in [5, 5.41) is 3.62. The lowest BCUT2D eigenvalue weighted by molar-refractivity contribution is 0.0572. The van der Waals surface area contributed by atoms with Gasteiger partial charge in [-0.25, -0.2) is 4.39 Å². The molecule has 0 spiro atoms. The zero-order valence-electron chi connectivity index (χ0n) is 11.2. The Morgan fingerprint density at radius 3 is 2.67 bits per heavy atom. The summed E-state index contributed by atoms with van der Waals surface area (Å²) >= 11 is 0. The van der Waals surface area contributed by atoms with E-state index in [1.165, 1.54) is 31.4 Å². The number of nitrogens with one attached hydrogen (secondary N) is 1. The summed E-state index contributed by atoms with van der Waals surface area (Å²) < 4.78 is 18.3. The van der Waals surface area contributed by atoms with Crippen LogP contribution in [-0.4, -0.2) is 19.3 Å². The maximum atomic E-state index is 12.9. The minimum absolute atomic E-state index is 0.178. The van der Waals surface area contributed by atoms with Gasteiger partial charge in [0.15, 0.2) is 0 Å². The summed E-state index contributed by atoms with van der Waals surface area (Å²) in [5.74, 6) is -0.178. The molecule has 1 aliphatic rings. The van der Waals surface area contributed by atoms with E-state index in [2.05, 4.69) is 12.2 Å². The van der Waals surface area contributed by atoms with E-state index < -0.39 is 0 Å². The van der Waals surface area contributed by atoms with Crippen LogP contribution in [0, 0.1) is 5.82 Å². The van der Waals surface area contributed by atoms with Crippen LogP contribution in [0.25, 0.3) is 0 Å². The molecule has 3 atom stereocenters. The molecule has 0 bridgehead atoms. The summed E-state index contributed by atoms with van der Waals surface area (Å²) in [6.07, 6.45) is 5.04. The van der Waals surface area contributed by atoms with Crippen molar-refractivity contribution in [2.45, 2.75) is 50.8 Å². The second-order valence-electron chi connectivity index (χ2n) is 5.16. The Bertz CT molecular complexity index is 365. The quantitative estimate of drug-likeness (QED) is 0.885. The number of hydrogen-bond acceptors (Lipinski definition) is 2. The molecule has 1 aliphatic carbocycles. The highest BCUT2D eigenvalue weighted by Crippen LogP contribution is 2.23. The average molecular weight is 251 g/mol. The summed E-state index contributed by atoms with van der Waals surface area (Å²) in [5.41, 5.74) is 1.14. The van der Waals surface area contributed by atoms with Gasteiger partial charge in [0.25, 0.3) is 0 Å². The van der Waals surface area contributed by atoms with Gasteiger partial charge in [0, 0.05) is 19.2 Å². The number of halogens is 1. The smallest absolute Gasteiger partial charge is 0.123 e. The maximum absolute atomic E-state index is 12.9. The fourth-order valence-electron chi connectivity index (χ4n) is 2.71. The number of methoxy groups -OCH3 is 1. The summed E-state index contributed by atoms with van der Waals surface area (Å²) in [6.45, 7) is 2.13. The van der Waals surface area contributed by atoms with Gasteiger partial charge in [0.2, 0.25) is 0 Å².